The fraction of sp³-hybridized carbons (Fsp3) is 0.286. The van der Waals surface area contributed by atoms with Crippen LogP contribution < -0.4 is 9.62 Å². The van der Waals surface area contributed by atoms with E-state index in [4.69, 9.17) is 0 Å². The molecule has 3 rings (SSSR count). The first-order chi connectivity index (χ1) is 18.5. The van der Waals surface area contributed by atoms with Crippen molar-refractivity contribution in [3.05, 3.63) is 101 Å². The van der Waals surface area contributed by atoms with Crippen molar-refractivity contribution in [3.8, 4) is 0 Å². The van der Waals surface area contributed by atoms with Gasteiger partial charge in [0.2, 0.25) is 21.8 Å². The molecule has 0 fully saturated rings. The van der Waals surface area contributed by atoms with E-state index in [1.807, 2.05) is 30.3 Å². The molecule has 11 heteroatoms. The van der Waals surface area contributed by atoms with Crippen molar-refractivity contribution in [2.45, 2.75) is 31.8 Å². The van der Waals surface area contributed by atoms with Crippen molar-refractivity contribution in [3.63, 3.8) is 0 Å². The van der Waals surface area contributed by atoms with Crippen LogP contribution in [0.15, 0.2) is 72.8 Å². The zero-order valence-corrected chi connectivity index (χ0v) is 22.4. The van der Waals surface area contributed by atoms with Crippen molar-refractivity contribution >= 4 is 27.5 Å². The summed E-state index contributed by atoms with van der Waals surface area (Å²) in [6, 6.07) is 16.6. The molecule has 7 nitrogen and oxygen atoms in total. The summed E-state index contributed by atoms with van der Waals surface area (Å²) in [5.41, 5.74) is 1.36. The lowest BCUT2D eigenvalue weighted by Gasteiger charge is -2.31. The Hall–Kier alpha value is -3.86. The van der Waals surface area contributed by atoms with Gasteiger partial charge in [-0.25, -0.2) is 21.6 Å². The molecule has 1 N–H and O–H groups in total. The zero-order valence-electron chi connectivity index (χ0n) is 21.6. The molecule has 208 valence electrons. The second-order valence-electron chi connectivity index (χ2n) is 9.00. The van der Waals surface area contributed by atoms with Crippen LogP contribution in [0.2, 0.25) is 0 Å². The van der Waals surface area contributed by atoms with Gasteiger partial charge < -0.3 is 10.2 Å². The number of hydrogen-bond donors (Lipinski definition) is 1. The van der Waals surface area contributed by atoms with Gasteiger partial charge in [0.1, 0.15) is 11.9 Å². The summed E-state index contributed by atoms with van der Waals surface area (Å²) in [4.78, 5) is 27.9. The van der Waals surface area contributed by atoms with E-state index in [2.05, 4.69) is 5.32 Å². The minimum Gasteiger partial charge on any atom is -0.357 e. The molecule has 0 saturated heterocycles. The number of rotatable bonds is 12. The molecule has 0 saturated carbocycles. The maximum Gasteiger partial charge on any atom is 0.242 e. The summed E-state index contributed by atoms with van der Waals surface area (Å²) < 4.78 is 66.3. The molecule has 39 heavy (non-hydrogen) atoms. The van der Waals surface area contributed by atoms with E-state index in [1.54, 1.807) is 0 Å². The fourth-order valence-corrected chi connectivity index (χ4v) is 5.11. The summed E-state index contributed by atoms with van der Waals surface area (Å²) in [5.74, 6) is -3.58. The molecule has 3 aromatic carbocycles. The van der Waals surface area contributed by atoms with E-state index < -0.39 is 45.3 Å². The van der Waals surface area contributed by atoms with Gasteiger partial charge in [-0.05, 0) is 41.8 Å². The Bertz CT molecular complexity index is 1390. The molecule has 3 aromatic rings. The van der Waals surface area contributed by atoms with Gasteiger partial charge in [0, 0.05) is 39.0 Å². The third-order valence-corrected chi connectivity index (χ3v) is 7.32. The lowest BCUT2D eigenvalue weighted by Crippen LogP contribution is -2.49. The van der Waals surface area contributed by atoms with Crippen molar-refractivity contribution in [2.24, 2.45) is 0 Å². The summed E-state index contributed by atoms with van der Waals surface area (Å²) in [7, 11) is -2.41. The van der Waals surface area contributed by atoms with E-state index in [0.717, 1.165) is 34.3 Å². The van der Waals surface area contributed by atoms with Crippen LogP contribution in [-0.4, -0.2) is 51.0 Å². The second-order valence-corrected chi connectivity index (χ2v) is 10.9. The number of halogens is 3. The summed E-state index contributed by atoms with van der Waals surface area (Å²) >= 11 is 0. The molecule has 2 amide bonds. The molecule has 0 aliphatic carbocycles. The van der Waals surface area contributed by atoms with E-state index >= 15 is 0 Å². The average Bonchev–Trinajstić information content (AvgIpc) is 2.90. The van der Waals surface area contributed by atoms with Gasteiger partial charge >= 0.3 is 0 Å². The third kappa shape index (κ3) is 8.31. The summed E-state index contributed by atoms with van der Waals surface area (Å²) in [6.07, 6.45) is 1.05. The maximum atomic E-state index is 13.8. The van der Waals surface area contributed by atoms with Crippen molar-refractivity contribution in [2.75, 3.05) is 24.2 Å². The Kier molecular flexibility index (Phi) is 10.1. The Balaban J connectivity index is 1.84. The molecule has 1 unspecified atom stereocenters. The van der Waals surface area contributed by atoms with Gasteiger partial charge in [-0.15, -0.1) is 0 Å². The molecular formula is C28H30F3N3O4S. The summed E-state index contributed by atoms with van der Waals surface area (Å²) in [5, 5.41) is 2.59. The van der Waals surface area contributed by atoms with Crippen molar-refractivity contribution in [1.82, 2.24) is 10.2 Å². The molecule has 0 spiro atoms. The molecule has 0 aliphatic heterocycles. The first kappa shape index (κ1) is 29.7. The van der Waals surface area contributed by atoms with Gasteiger partial charge in [-0.2, -0.15) is 0 Å². The number of carbonyl (C=O) groups is 2. The highest BCUT2D eigenvalue weighted by atomic mass is 32.2. The number of anilines is 1. The maximum absolute atomic E-state index is 13.8. The SMILES string of the molecule is CNC(=O)C(Cc1ccccc1)N(Cc1ccc(F)cc1)C(=O)CCCN(c1ccc(F)c(F)c1)S(C)(=O)=O. The third-order valence-electron chi connectivity index (χ3n) is 6.13. The van der Waals surface area contributed by atoms with Crippen LogP contribution in [0.5, 0.6) is 0 Å². The van der Waals surface area contributed by atoms with Gasteiger partial charge in [-0.3, -0.25) is 13.9 Å². The Morgan fingerprint density at radius 1 is 0.897 bits per heavy atom. The first-order valence-corrected chi connectivity index (χ1v) is 14.1. The van der Waals surface area contributed by atoms with Crippen LogP contribution in [0, 0.1) is 17.5 Å². The number of nitrogens with one attached hydrogen (secondary N) is 1. The largest absolute Gasteiger partial charge is 0.357 e. The van der Waals surface area contributed by atoms with Crippen LogP contribution in [0.25, 0.3) is 0 Å². The minimum atomic E-state index is -3.87. The van der Waals surface area contributed by atoms with Crippen LogP contribution in [-0.2, 0) is 32.6 Å². The molecule has 0 radical (unpaired) electrons. The Morgan fingerprint density at radius 3 is 2.15 bits per heavy atom. The van der Waals surface area contributed by atoms with Gasteiger partial charge in [0.05, 0.1) is 11.9 Å². The number of hydrogen-bond acceptors (Lipinski definition) is 4. The Labute approximate surface area is 226 Å². The van der Waals surface area contributed by atoms with E-state index in [1.165, 1.54) is 36.2 Å². The Morgan fingerprint density at radius 2 is 1.56 bits per heavy atom. The van der Waals surface area contributed by atoms with Crippen LogP contribution in [0.4, 0.5) is 18.9 Å². The van der Waals surface area contributed by atoms with Gasteiger partial charge in [0.15, 0.2) is 11.6 Å². The van der Waals surface area contributed by atoms with Crippen LogP contribution in [0.1, 0.15) is 24.0 Å². The van der Waals surface area contributed by atoms with E-state index in [-0.39, 0.29) is 38.0 Å². The highest BCUT2D eigenvalue weighted by molar-refractivity contribution is 7.92. The van der Waals surface area contributed by atoms with Crippen LogP contribution >= 0.6 is 0 Å². The van der Waals surface area contributed by atoms with Gasteiger partial charge in [0.25, 0.3) is 0 Å². The molecule has 0 aliphatic rings. The predicted molar refractivity (Wildman–Crippen MR) is 143 cm³/mol. The zero-order chi connectivity index (χ0) is 28.6. The second kappa shape index (κ2) is 13.3. The highest BCUT2D eigenvalue weighted by Gasteiger charge is 2.30. The lowest BCUT2D eigenvalue weighted by atomic mass is 10.0. The first-order valence-electron chi connectivity index (χ1n) is 12.2. The molecule has 1 atom stereocenters. The number of sulfonamides is 1. The standard InChI is InChI=1S/C28H30F3N3O4S/c1-32-28(36)26(17-20-7-4-3-5-8-20)33(19-21-10-12-22(29)13-11-21)27(35)9-6-16-34(39(2,37)38)23-14-15-24(30)25(31)18-23/h3-5,7-8,10-15,18,26H,6,9,16-17,19H2,1-2H3,(H,32,36). The monoisotopic (exact) mass is 561 g/mol. The van der Waals surface area contributed by atoms with Crippen molar-refractivity contribution < 1.29 is 31.2 Å². The quantitative estimate of drug-likeness (QED) is 0.362. The van der Waals surface area contributed by atoms with E-state index in [0.29, 0.717) is 5.56 Å². The number of likely N-dealkylation sites (N-methyl/N-ethyl adjacent to an activating group) is 1. The lowest BCUT2D eigenvalue weighted by molar-refractivity contribution is -0.141. The van der Waals surface area contributed by atoms with Crippen LogP contribution in [0.3, 0.4) is 0 Å². The average molecular weight is 562 g/mol. The number of benzene rings is 3. The van der Waals surface area contributed by atoms with E-state index in [9.17, 15) is 31.2 Å². The van der Waals surface area contributed by atoms with Gasteiger partial charge in [-0.1, -0.05) is 42.5 Å². The number of amides is 2. The number of nitrogens with zero attached hydrogens (tertiary/aromatic N) is 2. The highest BCUT2D eigenvalue weighted by Crippen LogP contribution is 2.22. The normalized spacial score (nSPS) is 12.0. The molecule has 0 bridgehead atoms. The molecule has 0 aromatic heterocycles. The topological polar surface area (TPSA) is 86.8 Å². The fourth-order valence-electron chi connectivity index (χ4n) is 4.15. The molecular weight excluding hydrogens is 531 g/mol. The minimum absolute atomic E-state index is 0.0169. The summed E-state index contributed by atoms with van der Waals surface area (Å²) in [6.45, 7) is -0.160. The smallest absolute Gasteiger partial charge is 0.242 e. The predicted octanol–water partition coefficient (Wildman–Crippen LogP) is 4.04. The number of carbonyl (C=O) groups excluding carboxylic acids is 2. The molecule has 0 heterocycles. The van der Waals surface area contributed by atoms with Crippen molar-refractivity contribution in [1.29, 1.82) is 0 Å².